The predicted molar refractivity (Wildman–Crippen MR) is 135 cm³/mol. The van der Waals surface area contributed by atoms with Crippen molar-refractivity contribution >= 4 is 33.1 Å². The second-order valence-corrected chi connectivity index (χ2v) is 9.19. The Bertz CT molecular complexity index is 1340. The number of hydrogen-bond acceptors (Lipinski definition) is 1. The van der Waals surface area contributed by atoms with Crippen molar-refractivity contribution in [2.24, 2.45) is 5.41 Å². The minimum absolute atomic E-state index is 0.0875. The molecule has 1 N–H and O–H groups in total. The molecule has 0 aliphatic heterocycles. The number of nitrogens with zero attached hydrogens (tertiary/aromatic N) is 1. The lowest BCUT2D eigenvalue weighted by Gasteiger charge is -2.21. The second-order valence-electron chi connectivity index (χ2n) is 9.19. The highest BCUT2D eigenvalue weighted by Gasteiger charge is 2.17. The van der Waals surface area contributed by atoms with Crippen molar-refractivity contribution < 1.29 is 0 Å². The van der Waals surface area contributed by atoms with Gasteiger partial charge in [-0.1, -0.05) is 74.5 Å². The molecule has 0 fully saturated rings. The van der Waals surface area contributed by atoms with Gasteiger partial charge in [0.05, 0.1) is 0 Å². The van der Waals surface area contributed by atoms with E-state index >= 15 is 0 Å². The molecule has 0 saturated heterocycles. The predicted octanol–water partition coefficient (Wildman–Crippen LogP) is 7.34. The first kappa shape index (κ1) is 19.4. The summed E-state index contributed by atoms with van der Waals surface area (Å²) < 4.78 is 0. The number of hydrogen-bond donors (Lipinski definition) is 1. The van der Waals surface area contributed by atoms with Crippen molar-refractivity contribution in [3.8, 4) is 0 Å². The second kappa shape index (κ2) is 7.31. The van der Waals surface area contributed by atoms with Crippen LogP contribution in [-0.2, 0) is 0 Å². The monoisotopic (exact) mass is 404 g/mol. The number of aromatic nitrogens is 1. The molecule has 5 rings (SSSR count). The van der Waals surface area contributed by atoms with Gasteiger partial charge < -0.3 is 9.88 Å². The smallest absolute Gasteiger partial charge is 0.0465 e. The molecule has 3 aromatic carbocycles. The van der Waals surface area contributed by atoms with Crippen LogP contribution in [0.4, 0.5) is 5.69 Å². The molecule has 2 nitrogen and oxygen atoms in total. The van der Waals surface area contributed by atoms with Crippen molar-refractivity contribution in [1.82, 2.24) is 4.98 Å². The Morgan fingerprint density at radius 1 is 0.742 bits per heavy atom. The lowest BCUT2D eigenvalue weighted by Crippen LogP contribution is -2.08. The van der Waals surface area contributed by atoms with Gasteiger partial charge in [0.2, 0.25) is 0 Å². The molecule has 0 amide bonds. The average molecular weight is 405 g/mol. The van der Waals surface area contributed by atoms with Crippen LogP contribution in [0.1, 0.15) is 25.0 Å². The van der Waals surface area contributed by atoms with Crippen molar-refractivity contribution in [2.45, 2.75) is 13.8 Å². The zero-order chi connectivity index (χ0) is 21.6. The van der Waals surface area contributed by atoms with Crippen LogP contribution in [0.5, 0.6) is 0 Å². The first-order valence-electron chi connectivity index (χ1n) is 10.8. The van der Waals surface area contributed by atoms with E-state index in [1.807, 2.05) is 0 Å². The van der Waals surface area contributed by atoms with Crippen LogP contribution in [0.2, 0.25) is 0 Å². The molecule has 1 aliphatic rings. The molecular formula is C29H28N2. The van der Waals surface area contributed by atoms with Gasteiger partial charge in [-0.2, -0.15) is 0 Å². The zero-order valence-corrected chi connectivity index (χ0v) is 18.6. The van der Waals surface area contributed by atoms with Crippen molar-refractivity contribution in [3.63, 3.8) is 0 Å². The highest BCUT2D eigenvalue weighted by Crippen LogP contribution is 2.36. The van der Waals surface area contributed by atoms with E-state index in [1.54, 1.807) is 0 Å². The molecule has 31 heavy (non-hydrogen) atoms. The molecule has 0 spiro atoms. The maximum absolute atomic E-state index is 3.54. The normalized spacial score (nSPS) is 15.0. The lowest BCUT2D eigenvalue weighted by atomic mass is 9.83. The SMILES string of the molecule is CN(C)c1ccc(C(=C2C=CC(C)(C)C=C2)c2ccc3[nH]c4ccccc4c3c2)cc1. The van der Waals surface area contributed by atoms with Crippen molar-refractivity contribution in [2.75, 3.05) is 19.0 Å². The van der Waals surface area contributed by atoms with E-state index in [0.29, 0.717) is 0 Å². The fourth-order valence-electron chi connectivity index (χ4n) is 4.32. The van der Waals surface area contributed by atoms with E-state index in [9.17, 15) is 0 Å². The van der Waals surface area contributed by atoms with Crippen molar-refractivity contribution in [3.05, 3.63) is 108 Å². The number of aromatic amines is 1. The fourth-order valence-corrected chi connectivity index (χ4v) is 4.32. The van der Waals surface area contributed by atoms with E-state index in [2.05, 4.69) is 129 Å². The summed E-state index contributed by atoms with van der Waals surface area (Å²) in [7, 11) is 4.15. The highest BCUT2D eigenvalue weighted by molar-refractivity contribution is 6.08. The third kappa shape index (κ3) is 3.59. The molecule has 2 heteroatoms. The van der Waals surface area contributed by atoms with E-state index in [-0.39, 0.29) is 5.41 Å². The Kier molecular flexibility index (Phi) is 4.59. The minimum atomic E-state index is 0.0875. The summed E-state index contributed by atoms with van der Waals surface area (Å²) in [6.45, 7) is 4.47. The van der Waals surface area contributed by atoms with Crippen LogP contribution in [0, 0.1) is 5.41 Å². The number of para-hydroxylation sites is 1. The van der Waals surface area contributed by atoms with E-state index in [0.717, 1.165) is 0 Å². The van der Waals surface area contributed by atoms with Gasteiger partial charge in [-0.25, -0.2) is 0 Å². The van der Waals surface area contributed by atoms with Gasteiger partial charge in [0.25, 0.3) is 0 Å². The van der Waals surface area contributed by atoms with Crippen molar-refractivity contribution in [1.29, 1.82) is 0 Å². The third-order valence-electron chi connectivity index (χ3n) is 6.14. The molecule has 0 saturated carbocycles. The molecule has 1 heterocycles. The van der Waals surface area contributed by atoms with Crippen LogP contribution in [-0.4, -0.2) is 19.1 Å². The van der Waals surface area contributed by atoms with Crippen LogP contribution < -0.4 is 4.90 Å². The molecular weight excluding hydrogens is 376 g/mol. The number of fused-ring (bicyclic) bond motifs is 3. The summed E-state index contributed by atoms with van der Waals surface area (Å²) in [5, 5.41) is 2.53. The number of H-pyrrole nitrogens is 1. The molecule has 4 aromatic rings. The molecule has 1 aromatic heterocycles. The van der Waals surface area contributed by atoms with E-state index in [4.69, 9.17) is 0 Å². The summed E-state index contributed by atoms with van der Waals surface area (Å²) in [5.74, 6) is 0. The molecule has 0 atom stereocenters. The summed E-state index contributed by atoms with van der Waals surface area (Å²) in [6, 6.07) is 24.2. The molecule has 0 radical (unpaired) electrons. The highest BCUT2D eigenvalue weighted by atomic mass is 15.1. The Labute approximate surface area is 184 Å². The minimum Gasteiger partial charge on any atom is -0.378 e. The molecule has 1 aliphatic carbocycles. The number of allylic oxidation sites excluding steroid dienone is 5. The topological polar surface area (TPSA) is 19.0 Å². The van der Waals surface area contributed by atoms with E-state index in [1.165, 1.54) is 49.8 Å². The number of benzene rings is 3. The number of anilines is 1. The Balaban J connectivity index is 1.73. The Hall–Kier alpha value is -3.52. The van der Waals surface area contributed by atoms with Crippen LogP contribution in [0.25, 0.3) is 27.4 Å². The summed E-state index contributed by atoms with van der Waals surface area (Å²) in [5.41, 5.74) is 8.62. The zero-order valence-electron chi connectivity index (χ0n) is 18.6. The summed E-state index contributed by atoms with van der Waals surface area (Å²) in [4.78, 5) is 5.68. The van der Waals surface area contributed by atoms with Crippen LogP contribution >= 0.6 is 0 Å². The van der Waals surface area contributed by atoms with Gasteiger partial charge in [0.15, 0.2) is 0 Å². The molecule has 0 bridgehead atoms. The Morgan fingerprint density at radius 3 is 2.10 bits per heavy atom. The van der Waals surface area contributed by atoms with Gasteiger partial charge in [-0.05, 0) is 52.6 Å². The fraction of sp³-hybridized carbons (Fsp3) is 0.172. The first-order valence-corrected chi connectivity index (χ1v) is 10.8. The van der Waals surface area contributed by atoms with Gasteiger partial charge in [0.1, 0.15) is 0 Å². The number of rotatable bonds is 3. The largest absolute Gasteiger partial charge is 0.378 e. The van der Waals surface area contributed by atoms with Gasteiger partial charge in [0, 0.05) is 47.0 Å². The standard InChI is InChI=1S/C29H28N2/c1-29(2)17-15-21(16-18-29)28(20-9-12-23(13-10-20)31(3)4)22-11-14-27-25(19-22)24-7-5-6-8-26(24)30-27/h5-19,30H,1-4H3. The van der Waals surface area contributed by atoms with Gasteiger partial charge in [-0.15, -0.1) is 0 Å². The number of nitrogens with one attached hydrogen (secondary N) is 1. The maximum atomic E-state index is 3.54. The van der Waals surface area contributed by atoms with Crippen LogP contribution in [0.15, 0.2) is 96.6 Å². The van der Waals surface area contributed by atoms with Gasteiger partial charge in [-0.3, -0.25) is 0 Å². The summed E-state index contributed by atoms with van der Waals surface area (Å²) >= 11 is 0. The quantitative estimate of drug-likeness (QED) is 0.378. The van der Waals surface area contributed by atoms with E-state index < -0.39 is 0 Å². The summed E-state index contributed by atoms with van der Waals surface area (Å²) in [6.07, 6.45) is 9.13. The van der Waals surface area contributed by atoms with Crippen LogP contribution in [0.3, 0.4) is 0 Å². The molecule has 0 unspecified atom stereocenters. The first-order chi connectivity index (χ1) is 14.9. The average Bonchev–Trinajstić information content (AvgIpc) is 3.13. The molecule has 154 valence electrons. The third-order valence-corrected chi connectivity index (χ3v) is 6.14. The van der Waals surface area contributed by atoms with Gasteiger partial charge >= 0.3 is 0 Å². The lowest BCUT2D eigenvalue weighted by molar-refractivity contribution is 0.621. The maximum Gasteiger partial charge on any atom is 0.0465 e. The Morgan fingerprint density at radius 2 is 1.39 bits per heavy atom.